The van der Waals surface area contributed by atoms with Crippen LogP contribution in [0.5, 0.6) is 0 Å². The maximum atomic E-state index is 13.8. The molecule has 3 rings (SSSR count). The monoisotopic (exact) mass is 512 g/mol. The number of hydrogen-bond donors (Lipinski definition) is 0. The van der Waals surface area contributed by atoms with Crippen LogP contribution in [0.25, 0.3) is 10.8 Å². The highest BCUT2D eigenvalue weighted by Crippen LogP contribution is 2.51. The summed E-state index contributed by atoms with van der Waals surface area (Å²) in [5.41, 5.74) is -0.271. The summed E-state index contributed by atoms with van der Waals surface area (Å²) in [5.74, 6) is 0. The molecule has 0 saturated heterocycles. The SMILES string of the molecule is CCOP(=O)(CN(c1cccc2ccccc12)S(=O)(=O)c1cc(Cl)cc([N+](=O)[O-])c1)OCC. The fourth-order valence-corrected chi connectivity index (χ4v) is 7.34. The van der Waals surface area contributed by atoms with E-state index in [0.717, 1.165) is 27.9 Å². The number of nitrogens with zero attached hydrogens (tertiary/aromatic N) is 2. The lowest BCUT2D eigenvalue weighted by Crippen LogP contribution is -2.33. The third-order valence-corrected chi connectivity index (χ3v) is 8.72. The van der Waals surface area contributed by atoms with Gasteiger partial charge < -0.3 is 9.05 Å². The molecule has 0 spiro atoms. The van der Waals surface area contributed by atoms with Gasteiger partial charge in [-0.3, -0.25) is 19.0 Å². The summed E-state index contributed by atoms with van der Waals surface area (Å²) in [7, 11) is -8.38. The van der Waals surface area contributed by atoms with Gasteiger partial charge in [0.25, 0.3) is 15.7 Å². The average Bonchev–Trinajstić information content (AvgIpc) is 2.77. The zero-order valence-corrected chi connectivity index (χ0v) is 20.3. The fourth-order valence-electron chi connectivity index (χ4n) is 3.31. The zero-order chi connectivity index (χ0) is 24.2. The number of halogens is 1. The highest BCUT2D eigenvalue weighted by molar-refractivity contribution is 7.93. The van der Waals surface area contributed by atoms with E-state index in [1.165, 1.54) is 0 Å². The molecular formula is C21H22ClN2O7PS. The number of anilines is 1. The molecular weight excluding hydrogens is 491 g/mol. The van der Waals surface area contributed by atoms with Crippen LogP contribution in [-0.2, 0) is 23.6 Å². The van der Waals surface area contributed by atoms with Crippen LogP contribution in [-0.4, -0.2) is 32.8 Å². The van der Waals surface area contributed by atoms with Gasteiger partial charge >= 0.3 is 7.60 Å². The summed E-state index contributed by atoms with van der Waals surface area (Å²) in [4.78, 5) is 10.1. The van der Waals surface area contributed by atoms with Crippen LogP contribution in [0.4, 0.5) is 11.4 Å². The Labute approximate surface area is 196 Å². The smallest absolute Gasteiger partial charge is 0.308 e. The Balaban J connectivity index is 2.27. The molecule has 12 heteroatoms. The van der Waals surface area contributed by atoms with Crippen molar-refractivity contribution in [3.63, 3.8) is 0 Å². The minimum atomic E-state index is -4.48. The highest BCUT2D eigenvalue weighted by Gasteiger charge is 2.36. The van der Waals surface area contributed by atoms with Crippen molar-refractivity contribution in [3.05, 3.63) is 75.8 Å². The van der Waals surface area contributed by atoms with E-state index in [2.05, 4.69) is 0 Å². The Hall–Kier alpha value is -2.49. The lowest BCUT2D eigenvalue weighted by molar-refractivity contribution is -0.385. The van der Waals surface area contributed by atoms with Crippen molar-refractivity contribution in [2.24, 2.45) is 0 Å². The molecule has 0 aromatic heterocycles. The molecule has 176 valence electrons. The van der Waals surface area contributed by atoms with E-state index in [1.807, 2.05) is 0 Å². The van der Waals surface area contributed by atoms with E-state index in [4.69, 9.17) is 20.6 Å². The molecule has 3 aromatic carbocycles. The molecule has 0 aliphatic heterocycles. The topological polar surface area (TPSA) is 116 Å². The first kappa shape index (κ1) is 25.1. The van der Waals surface area contributed by atoms with Crippen molar-refractivity contribution in [3.8, 4) is 0 Å². The normalized spacial score (nSPS) is 12.1. The number of hydrogen-bond acceptors (Lipinski definition) is 7. The zero-order valence-electron chi connectivity index (χ0n) is 17.9. The quantitative estimate of drug-likeness (QED) is 0.191. The summed E-state index contributed by atoms with van der Waals surface area (Å²) in [6.45, 7) is 3.29. The molecule has 0 amide bonds. The molecule has 0 saturated carbocycles. The number of nitro benzene ring substituents is 1. The molecule has 0 aliphatic rings. The molecule has 33 heavy (non-hydrogen) atoms. The lowest BCUT2D eigenvalue weighted by Gasteiger charge is -2.29. The van der Waals surface area contributed by atoms with Crippen molar-refractivity contribution in [2.45, 2.75) is 18.7 Å². The summed E-state index contributed by atoms with van der Waals surface area (Å²) >= 11 is 5.99. The largest absolute Gasteiger partial charge is 0.350 e. The van der Waals surface area contributed by atoms with Crippen LogP contribution < -0.4 is 4.31 Å². The number of fused-ring (bicyclic) bond motifs is 1. The Morgan fingerprint density at radius 2 is 1.67 bits per heavy atom. The predicted molar refractivity (Wildman–Crippen MR) is 127 cm³/mol. The van der Waals surface area contributed by atoms with Crippen LogP contribution in [0, 0.1) is 10.1 Å². The minimum absolute atomic E-state index is 0.0311. The Morgan fingerprint density at radius 1 is 1.03 bits per heavy atom. The van der Waals surface area contributed by atoms with Gasteiger partial charge in [0.05, 0.1) is 28.7 Å². The third-order valence-electron chi connectivity index (χ3n) is 4.64. The first-order valence-electron chi connectivity index (χ1n) is 9.95. The van der Waals surface area contributed by atoms with Gasteiger partial charge in [0.15, 0.2) is 0 Å². The first-order chi connectivity index (χ1) is 15.6. The van der Waals surface area contributed by atoms with Crippen LogP contribution >= 0.6 is 19.2 Å². The van der Waals surface area contributed by atoms with E-state index < -0.39 is 39.4 Å². The number of rotatable bonds is 10. The Kier molecular flexibility index (Phi) is 7.76. The number of sulfonamides is 1. The van der Waals surface area contributed by atoms with E-state index in [1.54, 1.807) is 56.3 Å². The van der Waals surface area contributed by atoms with Crippen molar-refractivity contribution < 1.29 is 27.0 Å². The molecule has 0 heterocycles. The molecule has 0 unspecified atom stereocenters. The Bertz CT molecular complexity index is 1320. The van der Waals surface area contributed by atoms with Gasteiger partial charge in [0, 0.05) is 22.5 Å². The third kappa shape index (κ3) is 5.54. The van der Waals surface area contributed by atoms with Crippen molar-refractivity contribution in [2.75, 3.05) is 23.8 Å². The molecule has 0 bridgehead atoms. The number of non-ortho nitro benzene ring substituents is 1. The summed E-state index contributed by atoms with van der Waals surface area (Å²) < 4.78 is 52.6. The molecule has 0 fully saturated rings. The van der Waals surface area contributed by atoms with E-state index in [0.29, 0.717) is 5.39 Å². The van der Waals surface area contributed by atoms with E-state index in [-0.39, 0.29) is 23.9 Å². The minimum Gasteiger partial charge on any atom is -0.308 e. The Morgan fingerprint density at radius 3 is 2.30 bits per heavy atom. The number of benzene rings is 3. The average molecular weight is 513 g/mol. The van der Waals surface area contributed by atoms with Gasteiger partial charge in [-0.2, -0.15) is 0 Å². The maximum absolute atomic E-state index is 13.8. The lowest BCUT2D eigenvalue weighted by atomic mass is 10.1. The van der Waals surface area contributed by atoms with Gasteiger partial charge in [0.2, 0.25) is 0 Å². The molecule has 0 radical (unpaired) electrons. The molecule has 9 nitrogen and oxygen atoms in total. The fraction of sp³-hybridized carbons (Fsp3) is 0.238. The maximum Gasteiger partial charge on any atom is 0.350 e. The summed E-state index contributed by atoms with van der Waals surface area (Å²) in [6.07, 6.45) is -0.634. The van der Waals surface area contributed by atoms with Crippen molar-refractivity contribution >= 4 is 51.4 Å². The van der Waals surface area contributed by atoms with Crippen LogP contribution in [0.15, 0.2) is 65.6 Å². The first-order valence-corrected chi connectivity index (χ1v) is 13.5. The van der Waals surface area contributed by atoms with Crippen LogP contribution in [0.2, 0.25) is 5.02 Å². The second-order valence-electron chi connectivity index (χ2n) is 6.84. The van der Waals surface area contributed by atoms with Crippen molar-refractivity contribution in [1.82, 2.24) is 0 Å². The second kappa shape index (κ2) is 10.2. The molecule has 3 aromatic rings. The van der Waals surface area contributed by atoms with E-state index in [9.17, 15) is 23.1 Å². The van der Waals surface area contributed by atoms with Gasteiger partial charge in [-0.15, -0.1) is 0 Å². The summed E-state index contributed by atoms with van der Waals surface area (Å²) in [6, 6.07) is 15.2. The van der Waals surface area contributed by atoms with Gasteiger partial charge in [0.1, 0.15) is 6.29 Å². The molecule has 0 atom stereocenters. The highest BCUT2D eigenvalue weighted by atomic mass is 35.5. The number of nitro groups is 1. The molecule has 0 aliphatic carbocycles. The van der Waals surface area contributed by atoms with Gasteiger partial charge in [-0.05, 0) is 31.4 Å². The summed E-state index contributed by atoms with van der Waals surface area (Å²) in [5, 5.41) is 12.5. The van der Waals surface area contributed by atoms with Crippen LogP contribution in [0.1, 0.15) is 13.8 Å². The van der Waals surface area contributed by atoms with Gasteiger partial charge in [-0.1, -0.05) is 48.0 Å². The second-order valence-corrected chi connectivity index (χ2v) is 11.2. The standard InChI is InChI=1S/C21H22ClN2O7PS/c1-3-30-32(27,31-4-2)15-23(21-11-7-9-16-8-5-6-10-20(16)21)33(28,29)19-13-17(22)12-18(14-19)24(25)26/h5-14H,3-4,15H2,1-2H3. The van der Waals surface area contributed by atoms with Crippen LogP contribution in [0.3, 0.4) is 0 Å². The molecule has 0 N–H and O–H groups in total. The van der Waals surface area contributed by atoms with Gasteiger partial charge in [-0.25, -0.2) is 8.42 Å². The van der Waals surface area contributed by atoms with E-state index >= 15 is 0 Å². The van der Waals surface area contributed by atoms with Crippen molar-refractivity contribution in [1.29, 1.82) is 0 Å². The predicted octanol–water partition coefficient (Wildman–Crippen LogP) is 5.82.